The fourth-order valence-corrected chi connectivity index (χ4v) is 12.8. The first-order valence-electron chi connectivity index (χ1n) is 38.7. The number of carbonyl (C=O) groups excluding carboxylic acids is 1. The molecule has 97 heavy (non-hydrogen) atoms. The normalized spacial score (nSPS) is 27.3. The molecule has 3 aliphatic rings. The van der Waals surface area contributed by atoms with Gasteiger partial charge in [0, 0.05) is 6.42 Å². The van der Waals surface area contributed by atoms with Gasteiger partial charge in [-0.3, -0.25) is 4.79 Å². The van der Waals surface area contributed by atoms with E-state index in [4.69, 9.17) is 28.4 Å². The number of aliphatic hydroxyl groups is 11. The molecule has 19 nitrogen and oxygen atoms in total. The average Bonchev–Trinajstić information content (AvgIpc) is 0.798. The van der Waals surface area contributed by atoms with E-state index in [0.717, 1.165) is 89.9 Å². The average molecular weight is 1380 g/mol. The van der Waals surface area contributed by atoms with Gasteiger partial charge in [0.05, 0.1) is 38.6 Å². The van der Waals surface area contributed by atoms with Crippen molar-refractivity contribution in [2.24, 2.45) is 0 Å². The molecule has 0 aromatic rings. The molecule has 12 N–H and O–H groups in total. The molecule has 0 spiro atoms. The Morgan fingerprint density at radius 1 is 0.381 bits per heavy atom. The van der Waals surface area contributed by atoms with E-state index in [1.165, 1.54) is 161 Å². The highest BCUT2D eigenvalue weighted by molar-refractivity contribution is 5.76. The summed E-state index contributed by atoms with van der Waals surface area (Å²) in [5, 5.41) is 121. The van der Waals surface area contributed by atoms with Crippen molar-refractivity contribution in [1.82, 2.24) is 5.32 Å². The Balaban J connectivity index is 1.38. The van der Waals surface area contributed by atoms with Crippen LogP contribution in [0.5, 0.6) is 0 Å². The van der Waals surface area contributed by atoms with Crippen LogP contribution in [0.3, 0.4) is 0 Å². The molecular weight excluding hydrogens is 1240 g/mol. The molecule has 3 fully saturated rings. The summed E-state index contributed by atoms with van der Waals surface area (Å²) in [4.78, 5) is 13.5. The molecule has 3 aliphatic heterocycles. The summed E-state index contributed by atoms with van der Waals surface area (Å²) in [5.41, 5.74) is 0. The van der Waals surface area contributed by atoms with Gasteiger partial charge in [0.2, 0.25) is 5.91 Å². The summed E-state index contributed by atoms with van der Waals surface area (Å²) in [7, 11) is 0. The van der Waals surface area contributed by atoms with Crippen molar-refractivity contribution in [3.8, 4) is 0 Å². The van der Waals surface area contributed by atoms with Gasteiger partial charge in [0.15, 0.2) is 18.9 Å². The number of unbranched alkanes of at least 4 members (excludes halogenated alkanes) is 32. The standard InChI is InChI=1S/C78H139NO18/c1-3-5-7-9-11-13-15-17-19-21-23-25-26-27-28-29-30-31-32-33-34-36-38-40-42-44-46-48-50-52-54-56-66(84)79-61(62(83)55-53-51-49-47-45-43-41-39-37-35-24-22-20-18-16-14-12-10-8-6-4-2)60-92-76-72(90)69(87)74(64(58-81)94-76)97-78-73(91)70(88)75(65(59-82)95-78)96-77-71(89)68(86)67(85)63(57-80)93-77/h5,7,11,13,17,19,23,25,27-28,30-31,61-65,67-78,80-83,85-91H,3-4,6,8-10,12,14-16,18,20-22,24,26,29,32-60H2,1-2H3,(H,79,84)/b7-5-,13-11-,19-17-,25-23-,28-27-,31-30-. The maximum Gasteiger partial charge on any atom is 0.220 e. The van der Waals surface area contributed by atoms with Crippen molar-refractivity contribution in [2.45, 2.75) is 388 Å². The number of amides is 1. The predicted octanol–water partition coefficient (Wildman–Crippen LogP) is 12.1. The van der Waals surface area contributed by atoms with E-state index < -0.39 is 124 Å². The fraction of sp³-hybridized carbons (Fsp3) is 0.833. The van der Waals surface area contributed by atoms with Gasteiger partial charge < -0.3 is 89.9 Å². The molecule has 3 saturated heterocycles. The minimum Gasteiger partial charge on any atom is -0.394 e. The van der Waals surface area contributed by atoms with Crippen LogP contribution < -0.4 is 5.32 Å². The van der Waals surface area contributed by atoms with Crippen molar-refractivity contribution >= 4 is 5.91 Å². The van der Waals surface area contributed by atoms with Crippen molar-refractivity contribution in [3.05, 3.63) is 72.9 Å². The molecule has 0 radical (unpaired) electrons. The highest BCUT2D eigenvalue weighted by Gasteiger charge is 2.54. The summed E-state index contributed by atoms with van der Waals surface area (Å²) in [6.07, 6.45) is 48.3. The zero-order chi connectivity index (χ0) is 70.4. The molecule has 3 heterocycles. The van der Waals surface area contributed by atoms with E-state index in [0.29, 0.717) is 12.8 Å². The van der Waals surface area contributed by atoms with Crippen molar-refractivity contribution < 1.29 is 89.4 Å². The van der Waals surface area contributed by atoms with Crippen LogP contribution in [0.15, 0.2) is 72.9 Å². The minimum atomic E-state index is -1.98. The first-order valence-corrected chi connectivity index (χ1v) is 38.7. The van der Waals surface area contributed by atoms with Crippen LogP contribution in [-0.4, -0.2) is 193 Å². The summed E-state index contributed by atoms with van der Waals surface area (Å²) >= 11 is 0. The Bertz CT molecular complexity index is 2040. The molecule has 17 unspecified atom stereocenters. The zero-order valence-electron chi connectivity index (χ0n) is 60.0. The quantitative estimate of drug-likeness (QED) is 0.0199. The molecule has 0 aromatic heterocycles. The molecule has 3 rings (SSSR count). The Morgan fingerprint density at radius 3 is 1.11 bits per heavy atom. The van der Waals surface area contributed by atoms with Crippen molar-refractivity contribution in [3.63, 3.8) is 0 Å². The van der Waals surface area contributed by atoms with E-state index in [-0.39, 0.29) is 18.9 Å². The molecule has 0 bridgehead atoms. The second-order valence-corrected chi connectivity index (χ2v) is 27.4. The van der Waals surface area contributed by atoms with Gasteiger partial charge in [0.1, 0.15) is 73.2 Å². The monoisotopic (exact) mass is 1380 g/mol. The van der Waals surface area contributed by atoms with Crippen LogP contribution in [0.1, 0.15) is 284 Å². The SMILES string of the molecule is CC/C=C\C/C=C\C/C=C\C/C=C\C/C=C\C/C=C\CCCCCCCCCCCCCCC(=O)NC(COC1OC(CO)C(OC2OC(CO)C(OC3OC(CO)C(O)C(O)C3O)C(O)C2O)C(O)C1O)C(O)CCCCCCCCCCCCCCCCCCCCCCC. The third kappa shape index (κ3) is 39.5. The number of allylic oxidation sites excluding steroid dienone is 12. The Labute approximate surface area is 585 Å². The molecule has 1 amide bonds. The van der Waals surface area contributed by atoms with Crippen LogP contribution in [0.2, 0.25) is 0 Å². The number of hydrogen-bond donors (Lipinski definition) is 12. The molecule has 0 aromatic carbocycles. The van der Waals surface area contributed by atoms with Crippen LogP contribution in [-0.2, 0) is 33.2 Å². The highest BCUT2D eigenvalue weighted by atomic mass is 16.8. The van der Waals surface area contributed by atoms with E-state index in [1.54, 1.807) is 0 Å². The van der Waals surface area contributed by atoms with Gasteiger partial charge in [-0.25, -0.2) is 0 Å². The number of hydrogen-bond acceptors (Lipinski definition) is 18. The van der Waals surface area contributed by atoms with Gasteiger partial charge in [0.25, 0.3) is 0 Å². The predicted molar refractivity (Wildman–Crippen MR) is 383 cm³/mol. The lowest BCUT2D eigenvalue weighted by atomic mass is 9.96. The van der Waals surface area contributed by atoms with Gasteiger partial charge in [-0.2, -0.15) is 0 Å². The maximum absolute atomic E-state index is 13.5. The second-order valence-electron chi connectivity index (χ2n) is 27.4. The lowest BCUT2D eigenvalue weighted by molar-refractivity contribution is -0.379. The Morgan fingerprint density at radius 2 is 0.711 bits per heavy atom. The van der Waals surface area contributed by atoms with E-state index in [9.17, 15) is 61.0 Å². The van der Waals surface area contributed by atoms with Gasteiger partial charge in [-0.05, 0) is 64.2 Å². The van der Waals surface area contributed by atoms with E-state index >= 15 is 0 Å². The topological polar surface area (TPSA) is 307 Å². The molecule has 0 aliphatic carbocycles. The lowest BCUT2D eigenvalue weighted by Gasteiger charge is -2.48. The third-order valence-corrected chi connectivity index (χ3v) is 19.0. The van der Waals surface area contributed by atoms with Gasteiger partial charge in [-0.15, -0.1) is 0 Å². The van der Waals surface area contributed by atoms with Crippen molar-refractivity contribution in [2.75, 3.05) is 26.4 Å². The van der Waals surface area contributed by atoms with Gasteiger partial charge in [-0.1, -0.05) is 286 Å². The molecular formula is C78H139NO18. The van der Waals surface area contributed by atoms with E-state index in [1.807, 2.05) is 0 Å². The van der Waals surface area contributed by atoms with Crippen LogP contribution in [0.4, 0.5) is 0 Å². The second kappa shape index (κ2) is 58.7. The molecule has 564 valence electrons. The summed E-state index contributed by atoms with van der Waals surface area (Å²) in [5.74, 6) is -0.245. The maximum atomic E-state index is 13.5. The minimum absolute atomic E-state index is 0.245. The fourth-order valence-electron chi connectivity index (χ4n) is 12.8. The number of carbonyl (C=O) groups is 1. The van der Waals surface area contributed by atoms with Crippen LogP contribution in [0.25, 0.3) is 0 Å². The summed E-state index contributed by atoms with van der Waals surface area (Å²) < 4.78 is 34.5. The number of ether oxygens (including phenoxy) is 6. The summed E-state index contributed by atoms with van der Waals surface area (Å²) in [6.45, 7) is 1.71. The van der Waals surface area contributed by atoms with Gasteiger partial charge >= 0.3 is 0 Å². The first kappa shape index (κ1) is 88.4. The van der Waals surface area contributed by atoms with Crippen LogP contribution in [0, 0.1) is 0 Å². The van der Waals surface area contributed by atoms with Crippen molar-refractivity contribution in [1.29, 1.82) is 0 Å². The number of aliphatic hydroxyl groups excluding tert-OH is 11. The number of rotatable bonds is 60. The molecule has 19 heteroatoms. The Hall–Kier alpha value is -2.77. The largest absolute Gasteiger partial charge is 0.394 e. The van der Waals surface area contributed by atoms with Crippen LogP contribution >= 0.6 is 0 Å². The smallest absolute Gasteiger partial charge is 0.220 e. The zero-order valence-corrected chi connectivity index (χ0v) is 60.0. The highest BCUT2D eigenvalue weighted by Crippen LogP contribution is 2.33. The Kier molecular flexibility index (Phi) is 53.5. The summed E-state index contributed by atoms with van der Waals surface area (Å²) in [6, 6.07) is -0.893. The molecule has 0 saturated carbocycles. The molecule has 17 atom stereocenters. The first-order chi connectivity index (χ1) is 47.3. The third-order valence-electron chi connectivity index (χ3n) is 19.0. The number of nitrogens with one attached hydrogen (secondary N) is 1. The van der Waals surface area contributed by atoms with E-state index in [2.05, 4.69) is 92.1 Å². The lowest BCUT2D eigenvalue weighted by Crippen LogP contribution is -2.66.